The quantitative estimate of drug-likeness (QED) is 0.704. The summed E-state index contributed by atoms with van der Waals surface area (Å²) in [6.45, 7) is 3.93. The number of rotatable bonds is 5. The van der Waals surface area contributed by atoms with Gasteiger partial charge in [0.15, 0.2) is 0 Å². The number of thiophene rings is 1. The van der Waals surface area contributed by atoms with Crippen molar-refractivity contribution in [1.82, 2.24) is 0 Å². The zero-order chi connectivity index (χ0) is 12.1. The van der Waals surface area contributed by atoms with E-state index in [0.29, 0.717) is 5.88 Å². The molecule has 89 valence electrons. The van der Waals surface area contributed by atoms with Gasteiger partial charge >= 0.3 is 0 Å². The largest absolute Gasteiger partial charge is 0.485 e. The lowest BCUT2D eigenvalue weighted by Gasteiger charge is -2.16. The second-order valence-corrected chi connectivity index (χ2v) is 4.93. The van der Waals surface area contributed by atoms with Crippen LogP contribution in [0.25, 0.3) is 0 Å². The standard InChI is InChI=1S/C14H14ClOS/c1-2-13(14-4-3-9-17-14)16-12-7-5-11(10-15)6-8-12/h3-9,13H,1-2,10H2/t13-/m0/s1. The molecule has 1 aromatic heterocycles. The molecule has 0 saturated heterocycles. The van der Waals surface area contributed by atoms with Gasteiger partial charge in [0, 0.05) is 10.8 Å². The van der Waals surface area contributed by atoms with E-state index < -0.39 is 0 Å². The molecule has 2 aromatic rings. The molecule has 0 unspecified atom stereocenters. The van der Waals surface area contributed by atoms with Gasteiger partial charge in [0.05, 0.1) is 0 Å². The topological polar surface area (TPSA) is 9.23 Å². The van der Waals surface area contributed by atoms with Gasteiger partial charge in [-0.05, 0) is 42.5 Å². The van der Waals surface area contributed by atoms with Crippen LogP contribution in [0.15, 0.2) is 41.8 Å². The summed E-state index contributed by atoms with van der Waals surface area (Å²) in [5.74, 6) is 1.39. The number of hydrogen-bond acceptors (Lipinski definition) is 2. The molecule has 1 heterocycles. The second-order valence-electron chi connectivity index (χ2n) is 3.69. The number of alkyl halides is 1. The molecule has 3 heteroatoms. The van der Waals surface area contributed by atoms with E-state index in [1.807, 2.05) is 30.3 Å². The van der Waals surface area contributed by atoms with Crippen LogP contribution in [0.1, 0.15) is 23.0 Å². The molecule has 1 aromatic carbocycles. The Kier molecular flexibility index (Phi) is 4.46. The van der Waals surface area contributed by atoms with Gasteiger partial charge in [0.1, 0.15) is 11.9 Å². The lowest BCUT2D eigenvalue weighted by molar-refractivity contribution is 0.212. The Labute approximate surface area is 111 Å². The van der Waals surface area contributed by atoms with Crippen LogP contribution in [0.4, 0.5) is 0 Å². The van der Waals surface area contributed by atoms with E-state index >= 15 is 0 Å². The molecule has 0 amide bonds. The highest BCUT2D eigenvalue weighted by atomic mass is 35.5. The van der Waals surface area contributed by atoms with Gasteiger partial charge in [-0.15, -0.1) is 22.9 Å². The fourth-order valence-electron chi connectivity index (χ4n) is 1.56. The van der Waals surface area contributed by atoms with Crippen LogP contribution in [0.3, 0.4) is 0 Å². The summed E-state index contributed by atoms with van der Waals surface area (Å²) >= 11 is 7.44. The van der Waals surface area contributed by atoms with Gasteiger partial charge in [-0.1, -0.05) is 18.2 Å². The number of ether oxygens (including phenoxy) is 1. The van der Waals surface area contributed by atoms with Gasteiger partial charge in [-0.2, -0.15) is 0 Å². The molecule has 2 rings (SSSR count). The van der Waals surface area contributed by atoms with Crippen LogP contribution >= 0.6 is 22.9 Å². The van der Waals surface area contributed by atoms with Crippen molar-refractivity contribution in [3.63, 3.8) is 0 Å². The van der Waals surface area contributed by atoms with E-state index in [9.17, 15) is 0 Å². The van der Waals surface area contributed by atoms with E-state index in [0.717, 1.165) is 17.7 Å². The van der Waals surface area contributed by atoms with Crippen molar-refractivity contribution >= 4 is 22.9 Å². The lowest BCUT2D eigenvalue weighted by Crippen LogP contribution is -2.04. The Hall–Kier alpha value is -0.990. The molecule has 0 aliphatic heterocycles. The molecule has 1 nitrogen and oxygen atoms in total. The maximum atomic E-state index is 5.91. The summed E-state index contributed by atoms with van der Waals surface area (Å²) in [7, 11) is 0. The fourth-order valence-corrected chi connectivity index (χ4v) is 2.52. The normalized spacial score (nSPS) is 12.4. The summed E-state index contributed by atoms with van der Waals surface area (Å²) in [5, 5.41) is 2.05. The Morgan fingerprint density at radius 1 is 1.24 bits per heavy atom. The van der Waals surface area contributed by atoms with Crippen LogP contribution in [-0.4, -0.2) is 0 Å². The SMILES string of the molecule is [CH2]C[C@H](Oc1ccc(CCl)cc1)c1cccs1. The molecule has 0 spiro atoms. The maximum absolute atomic E-state index is 5.91. The van der Waals surface area contributed by atoms with Crippen LogP contribution in [0.2, 0.25) is 0 Å². The highest BCUT2D eigenvalue weighted by Crippen LogP contribution is 2.27. The molecule has 0 aliphatic rings. The van der Waals surface area contributed by atoms with E-state index in [1.165, 1.54) is 4.88 Å². The fraction of sp³-hybridized carbons (Fsp3) is 0.214. The first-order valence-corrected chi connectivity index (χ1v) is 6.89. The average Bonchev–Trinajstić information content (AvgIpc) is 2.90. The molecule has 0 aliphatic carbocycles. The molecule has 0 N–H and O–H groups in total. The average molecular weight is 266 g/mol. The van der Waals surface area contributed by atoms with Crippen LogP contribution < -0.4 is 4.74 Å². The van der Waals surface area contributed by atoms with Gasteiger partial charge < -0.3 is 4.74 Å². The van der Waals surface area contributed by atoms with Crippen molar-refractivity contribution in [1.29, 1.82) is 0 Å². The molecule has 1 radical (unpaired) electrons. The molecule has 17 heavy (non-hydrogen) atoms. The zero-order valence-corrected chi connectivity index (χ0v) is 11.0. The Morgan fingerprint density at radius 2 is 2.00 bits per heavy atom. The molecular formula is C14H14ClOS. The molecule has 0 saturated carbocycles. The zero-order valence-electron chi connectivity index (χ0n) is 9.43. The first-order chi connectivity index (χ1) is 8.33. The van der Waals surface area contributed by atoms with E-state index in [2.05, 4.69) is 18.4 Å². The van der Waals surface area contributed by atoms with Crippen molar-refractivity contribution in [2.24, 2.45) is 0 Å². The monoisotopic (exact) mass is 265 g/mol. The highest BCUT2D eigenvalue weighted by Gasteiger charge is 2.11. The summed E-state index contributed by atoms with van der Waals surface area (Å²) in [5.41, 5.74) is 1.10. The van der Waals surface area contributed by atoms with Crippen LogP contribution in [0.5, 0.6) is 5.75 Å². The predicted molar refractivity (Wildman–Crippen MR) is 73.7 cm³/mol. The van der Waals surface area contributed by atoms with Crippen LogP contribution in [0, 0.1) is 6.92 Å². The van der Waals surface area contributed by atoms with Crippen molar-refractivity contribution in [2.45, 2.75) is 18.4 Å². The maximum Gasteiger partial charge on any atom is 0.133 e. The summed E-state index contributed by atoms with van der Waals surface area (Å²) < 4.78 is 5.91. The third kappa shape index (κ3) is 3.24. The second kappa shape index (κ2) is 6.08. The van der Waals surface area contributed by atoms with Crippen LogP contribution in [-0.2, 0) is 5.88 Å². The first-order valence-electron chi connectivity index (χ1n) is 5.47. The Bertz CT molecular complexity index is 436. The minimum absolute atomic E-state index is 0.0388. The van der Waals surface area contributed by atoms with Crippen molar-refractivity contribution in [3.05, 3.63) is 59.1 Å². The summed E-state index contributed by atoms with van der Waals surface area (Å²) in [4.78, 5) is 1.21. The third-order valence-corrected chi connectivity index (χ3v) is 3.75. The van der Waals surface area contributed by atoms with Gasteiger partial charge in [-0.25, -0.2) is 0 Å². The number of benzene rings is 1. The van der Waals surface area contributed by atoms with Gasteiger partial charge in [-0.3, -0.25) is 0 Å². The van der Waals surface area contributed by atoms with Crippen molar-refractivity contribution in [3.8, 4) is 5.75 Å². The van der Waals surface area contributed by atoms with E-state index in [-0.39, 0.29) is 6.10 Å². The smallest absolute Gasteiger partial charge is 0.133 e. The summed E-state index contributed by atoms with van der Waals surface area (Å²) in [6.07, 6.45) is 0.759. The number of hydrogen-bond donors (Lipinski definition) is 0. The predicted octanol–water partition coefficient (Wildman–Crippen LogP) is 4.83. The minimum atomic E-state index is 0.0388. The van der Waals surface area contributed by atoms with E-state index in [4.69, 9.17) is 16.3 Å². The van der Waals surface area contributed by atoms with Gasteiger partial charge in [0.25, 0.3) is 0 Å². The van der Waals surface area contributed by atoms with E-state index in [1.54, 1.807) is 11.3 Å². The van der Waals surface area contributed by atoms with Gasteiger partial charge in [0.2, 0.25) is 0 Å². The first kappa shape index (κ1) is 12.5. The molecule has 0 bridgehead atoms. The van der Waals surface area contributed by atoms with Crippen molar-refractivity contribution < 1.29 is 4.74 Å². The number of halogens is 1. The Balaban J connectivity index is 2.07. The summed E-state index contributed by atoms with van der Waals surface area (Å²) in [6, 6.07) is 12.0. The highest BCUT2D eigenvalue weighted by molar-refractivity contribution is 7.10. The molecule has 1 atom stereocenters. The lowest BCUT2D eigenvalue weighted by atomic mass is 10.2. The Morgan fingerprint density at radius 3 is 2.53 bits per heavy atom. The minimum Gasteiger partial charge on any atom is -0.485 e. The third-order valence-electron chi connectivity index (χ3n) is 2.48. The molecular weight excluding hydrogens is 252 g/mol. The van der Waals surface area contributed by atoms with Crippen molar-refractivity contribution in [2.75, 3.05) is 0 Å². The molecule has 0 fully saturated rings.